The van der Waals surface area contributed by atoms with E-state index in [1.165, 1.54) is 30.7 Å². The molecule has 3 rings (SSSR count). The van der Waals surface area contributed by atoms with Gasteiger partial charge >= 0.3 is 0 Å². The van der Waals surface area contributed by atoms with Gasteiger partial charge in [-0.25, -0.2) is 9.97 Å². The number of rotatable bonds is 2. The molecular weight excluding hydrogens is 230 g/mol. The van der Waals surface area contributed by atoms with Crippen molar-refractivity contribution in [3.63, 3.8) is 0 Å². The summed E-state index contributed by atoms with van der Waals surface area (Å²) in [5.74, 6) is 0.684. The zero-order valence-electron chi connectivity index (χ0n) is 10.6. The first kappa shape index (κ1) is 11.4. The Kier molecular flexibility index (Phi) is 2.66. The minimum absolute atomic E-state index is 0.193. The number of nitrogens with one attached hydrogen (secondary N) is 1. The summed E-state index contributed by atoms with van der Waals surface area (Å²) in [6, 6.07) is 0. The topological polar surface area (TPSA) is 58.1 Å². The van der Waals surface area contributed by atoms with Crippen LogP contribution in [0.5, 0.6) is 0 Å². The Labute approximate surface area is 106 Å². The number of anilines is 1. The molecule has 0 unspecified atom stereocenters. The summed E-state index contributed by atoms with van der Waals surface area (Å²) in [7, 11) is 1.59. The first-order chi connectivity index (χ1) is 8.72. The van der Waals surface area contributed by atoms with E-state index in [1.54, 1.807) is 19.4 Å². The molecule has 1 amide bonds. The fourth-order valence-corrected chi connectivity index (χ4v) is 2.44. The molecule has 2 aliphatic rings. The van der Waals surface area contributed by atoms with Crippen molar-refractivity contribution in [1.82, 2.24) is 15.3 Å². The van der Waals surface area contributed by atoms with Crippen molar-refractivity contribution in [2.45, 2.75) is 0 Å². The Bertz CT molecular complexity index is 444. The standard InChI is InChI=1S/C12H17N5O/c1-13-12(18)10-8-15-11(9-14-10)16-2-4-17(5-3-16)6-7-17/h8-9H,2-7H2,1H3/p+1. The highest BCUT2D eigenvalue weighted by molar-refractivity contribution is 5.91. The summed E-state index contributed by atoms with van der Waals surface area (Å²) in [4.78, 5) is 22.1. The van der Waals surface area contributed by atoms with E-state index in [-0.39, 0.29) is 5.91 Å². The molecule has 1 spiro atoms. The summed E-state index contributed by atoms with van der Waals surface area (Å²) in [5, 5.41) is 2.54. The second-order valence-electron chi connectivity index (χ2n) is 5.06. The van der Waals surface area contributed by atoms with E-state index in [2.05, 4.69) is 20.2 Å². The van der Waals surface area contributed by atoms with Crippen LogP contribution in [-0.4, -0.2) is 66.7 Å². The molecule has 2 fully saturated rings. The SMILES string of the molecule is CNC(=O)c1cnc(N2CC[N+]3(CC2)CC3)cn1. The molecule has 96 valence electrons. The maximum absolute atomic E-state index is 11.4. The lowest BCUT2D eigenvalue weighted by atomic mass is 10.3. The average Bonchev–Trinajstić information content (AvgIpc) is 3.18. The van der Waals surface area contributed by atoms with Gasteiger partial charge in [-0.2, -0.15) is 0 Å². The number of nitrogens with zero attached hydrogens (tertiary/aromatic N) is 4. The first-order valence-electron chi connectivity index (χ1n) is 6.37. The van der Waals surface area contributed by atoms with Crippen LogP contribution in [-0.2, 0) is 0 Å². The second-order valence-corrected chi connectivity index (χ2v) is 5.06. The monoisotopic (exact) mass is 248 g/mol. The van der Waals surface area contributed by atoms with Crippen LogP contribution < -0.4 is 10.2 Å². The largest absolute Gasteiger partial charge is 0.354 e. The van der Waals surface area contributed by atoms with E-state index in [0.717, 1.165) is 18.9 Å². The summed E-state index contributed by atoms with van der Waals surface area (Å²) < 4.78 is 1.29. The molecule has 1 aromatic rings. The summed E-state index contributed by atoms with van der Waals surface area (Å²) in [6.07, 6.45) is 3.24. The lowest BCUT2D eigenvalue weighted by Crippen LogP contribution is -2.48. The van der Waals surface area contributed by atoms with Gasteiger partial charge in [0.05, 0.1) is 38.6 Å². The summed E-state index contributed by atoms with van der Waals surface area (Å²) in [6.45, 7) is 7.17. The van der Waals surface area contributed by atoms with Gasteiger partial charge in [-0.3, -0.25) is 4.79 Å². The molecule has 0 aliphatic carbocycles. The highest BCUT2D eigenvalue weighted by atomic mass is 16.1. The van der Waals surface area contributed by atoms with Crippen molar-refractivity contribution in [2.24, 2.45) is 0 Å². The predicted molar refractivity (Wildman–Crippen MR) is 67.4 cm³/mol. The molecule has 0 radical (unpaired) electrons. The van der Waals surface area contributed by atoms with Crippen LogP contribution in [0.4, 0.5) is 5.82 Å². The molecule has 6 heteroatoms. The van der Waals surface area contributed by atoms with Crippen molar-refractivity contribution in [3.8, 4) is 0 Å². The lowest BCUT2D eigenvalue weighted by molar-refractivity contribution is -0.800. The van der Waals surface area contributed by atoms with Crippen molar-refractivity contribution in [1.29, 1.82) is 0 Å². The molecule has 1 aromatic heterocycles. The van der Waals surface area contributed by atoms with Crippen molar-refractivity contribution < 1.29 is 9.28 Å². The molecular formula is C12H18N5O+. The van der Waals surface area contributed by atoms with Crippen LogP contribution in [0.1, 0.15) is 10.5 Å². The van der Waals surface area contributed by atoms with Crippen LogP contribution in [0.3, 0.4) is 0 Å². The van der Waals surface area contributed by atoms with E-state index in [1.807, 2.05) is 0 Å². The van der Waals surface area contributed by atoms with Gasteiger partial charge in [0.15, 0.2) is 0 Å². The third-order valence-electron chi connectivity index (χ3n) is 3.97. The van der Waals surface area contributed by atoms with Gasteiger partial charge in [0.2, 0.25) is 0 Å². The highest BCUT2D eigenvalue weighted by Crippen LogP contribution is 2.25. The Morgan fingerprint density at radius 3 is 2.44 bits per heavy atom. The Balaban J connectivity index is 1.67. The molecule has 0 bridgehead atoms. The van der Waals surface area contributed by atoms with E-state index in [0.29, 0.717) is 5.69 Å². The van der Waals surface area contributed by atoms with Gasteiger partial charge in [-0.15, -0.1) is 0 Å². The molecule has 18 heavy (non-hydrogen) atoms. The number of carbonyl (C=O) groups excluding carboxylic acids is 1. The van der Waals surface area contributed by atoms with Crippen LogP contribution in [0.2, 0.25) is 0 Å². The van der Waals surface area contributed by atoms with Gasteiger partial charge < -0.3 is 14.7 Å². The fraction of sp³-hybridized carbons (Fsp3) is 0.583. The highest BCUT2D eigenvalue weighted by Gasteiger charge is 2.44. The number of piperazine rings is 1. The molecule has 0 atom stereocenters. The predicted octanol–water partition coefficient (Wildman–Crippen LogP) is -0.513. The molecule has 1 N–H and O–H groups in total. The maximum atomic E-state index is 11.4. The van der Waals surface area contributed by atoms with E-state index in [9.17, 15) is 4.79 Å². The van der Waals surface area contributed by atoms with Gasteiger partial charge in [0.25, 0.3) is 5.91 Å². The maximum Gasteiger partial charge on any atom is 0.271 e. The smallest absolute Gasteiger partial charge is 0.271 e. The van der Waals surface area contributed by atoms with Crippen molar-refractivity contribution in [2.75, 3.05) is 51.2 Å². The average molecular weight is 248 g/mol. The normalized spacial score (nSPS) is 20.8. The van der Waals surface area contributed by atoms with Gasteiger partial charge in [-0.1, -0.05) is 0 Å². The molecule has 0 saturated carbocycles. The number of hydrogen-bond acceptors (Lipinski definition) is 4. The van der Waals surface area contributed by atoms with E-state index in [4.69, 9.17) is 0 Å². The number of amides is 1. The van der Waals surface area contributed by atoms with E-state index < -0.39 is 0 Å². The molecule has 2 aliphatic heterocycles. The van der Waals surface area contributed by atoms with E-state index >= 15 is 0 Å². The molecule has 0 aromatic carbocycles. The Hall–Kier alpha value is -1.69. The summed E-state index contributed by atoms with van der Waals surface area (Å²) >= 11 is 0. The van der Waals surface area contributed by atoms with Gasteiger partial charge in [-0.05, 0) is 0 Å². The molecule has 2 saturated heterocycles. The van der Waals surface area contributed by atoms with Crippen molar-refractivity contribution in [3.05, 3.63) is 18.1 Å². The van der Waals surface area contributed by atoms with Gasteiger partial charge in [0.1, 0.15) is 24.6 Å². The molecule has 6 nitrogen and oxygen atoms in total. The molecule has 3 heterocycles. The first-order valence-corrected chi connectivity index (χ1v) is 6.37. The minimum atomic E-state index is -0.193. The lowest BCUT2D eigenvalue weighted by Gasteiger charge is -2.32. The number of quaternary nitrogens is 1. The van der Waals surface area contributed by atoms with Gasteiger partial charge in [0, 0.05) is 7.05 Å². The van der Waals surface area contributed by atoms with Crippen molar-refractivity contribution >= 4 is 11.7 Å². The second kappa shape index (κ2) is 4.20. The fourth-order valence-electron chi connectivity index (χ4n) is 2.44. The third kappa shape index (κ3) is 2.03. The summed E-state index contributed by atoms with van der Waals surface area (Å²) in [5.41, 5.74) is 0.368. The van der Waals surface area contributed by atoms with Crippen LogP contribution in [0.15, 0.2) is 12.4 Å². The zero-order valence-corrected chi connectivity index (χ0v) is 10.6. The van der Waals surface area contributed by atoms with Crippen LogP contribution in [0.25, 0.3) is 0 Å². The Morgan fingerprint density at radius 1 is 1.22 bits per heavy atom. The quantitative estimate of drug-likeness (QED) is 0.565. The number of aromatic nitrogens is 2. The number of hydrogen-bond donors (Lipinski definition) is 1. The van der Waals surface area contributed by atoms with Crippen LogP contribution >= 0.6 is 0 Å². The number of carbonyl (C=O) groups is 1. The minimum Gasteiger partial charge on any atom is -0.354 e. The third-order valence-corrected chi connectivity index (χ3v) is 3.97. The van der Waals surface area contributed by atoms with Crippen LogP contribution in [0, 0.1) is 0 Å². The zero-order chi connectivity index (χ0) is 12.6. The Morgan fingerprint density at radius 2 is 1.94 bits per heavy atom.